The van der Waals surface area contributed by atoms with E-state index in [9.17, 15) is 20.2 Å². The normalized spacial score (nSPS) is 10.1. The topological polar surface area (TPSA) is 117 Å². The molecule has 86 valence electrons. The summed E-state index contributed by atoms with van der Waals surface area (Å²) in [6.07, 6.45) is 2.73. The molecule has 9 nitrogen and oxygen atoms in total. The molecule has 0 atom stereocenters. The lowest BCUT2D eigenvalue weighted by Crippen LogP contribution is -2.01. The van der Waals surface area contributed by atoms with Crippen LogP contribution in [0.1, 0.15) is 0 Å². The largest absolute Gasteiger partial charge is 0.278 e. The monoisotopic (exact) mass is 235 g/mol. The molecule has 0 saturated carbocycles. The van der Waals surface area contributed by atoms with Crippen LogP contribution in [0.4, 0.5) is 11.4 Å². The molecule has 0 aliphatic carbocycles. The third kappa shape index (κ3) is 2.07. The number of aromatic nitrogens is 3. The molecule has 0 unspecified atom stereocenters. The number of non-ortho nitro benzene ring substituents is 2. The van der Waals surface area contributed by atoms with E-state index in [1.165, 1.54) is 12.4 Å². The van der Waals surface area contributed by atoms with E-state index in [0.29, 0.717) is 0 Å². The Bertz CT molecular complexity index is 547. The molecule has 0 radical (unpaired) electrons. The number of hydrogen-bond acceptors (Lipinski definition) is 6. The maximum absolute atomic E-state index is 10.6. The number of nitro groups is 2. The first-order valence-electron chi connectivity index (χ1n) is 4.38. The van der Waals surface area contributed by atoms with Crippen molar-refractivity contribution >= 4 is 11.4 Å². The van der Waals surface area contributed by atoms with Crippen LogP contribution in [0, 0.1) is 20.2 Å². The van der Waals surface area contributed by atoms with Gasteiger partial charge < -0.3 is 0 Å². The predicted molar refractivity (Wildman–Crippen MR) is 54.7 cm³/mol. The summed E-state index contributed by atoms with van der Waals surface area (Å²) >= 11 is 0. The summed E-state index contributed by atoms with van der Waals surface area (Å²) in [5.74, 6) is 0. The van der Waals surface area contributed by atoms with Crippen molar-refractivity contribution in [2.45, 2.75) is 0 Å². The van der Waals surface area contributed by atoms with Crippen LogP contribution in [-0.2, 0) is 0 Å². The second kappa shape index (κ2) is 3.96. The first kappa shape index (κ1) is 10.7. The second-order valence-corrected chi connectivity index (χ2v) is 3.04. The van der Waals surface area contributed by atoms with Crippen molar-refractivity contribution in [2.75, 3.05) is 0 Å². The predicted octanol–water partition coefficient (Wildman–Crippen LogP) is 1.08. The average Bonchev–Trinajstić information content (AvgIpc) is 2.81. The molecular weight excluding hydrogens is 230 g/mol. The Labute approximate surface area is 93.6 Å². The molecule has 0 saturated heterocycles. The second-order valence-electron chi connectivity index (χ2n) is 3.04. The van der Waals surface area contributed by atoms with Gasteiger partial charge in [-0.3, -0.25) is 20.2 Å². The van der Waals surface area contributed by atoms with Crippen molar-refractivity contribution in [3.8, 4) is 5.69 Å². The molecule has 0 N–H and O–H groups in total. The van der Waals surface area contributed by atoms with Crippen LogP contribution in [0.3, 0.4) is 0 Å². The molecular formula is C8H5N5O4. The maximum Gasteiger partial charge on any atom is 0.278 e. The lowest BCUT2D eigenvalue weighted by molar-refractivity contribution is -0.394. The highest BCUT2D eigenvalue weighted by molar-refractivity contribution is 5.52. The smallest absolute Gasteiger partial charge is 0.258 e. The molecule has 2 rings (SSSR count). The maximum atomic E-state index is 10.6. The van der Waals surface area contributed by atoms with Gasteiger partial charge in [-0.05, 0) is 0 Å². The Morgan fingerprint density at radius 1 is 0.941 bits per heavy atom. The number of benzene rings is 1. The fraction of sp³-hybridized carbons (Fsp3) is 0. The van der Waals surface area contributed by atoms with Gasteiger partial charge in [0.15, 0.2) is 0 Å². The van der Waals surface area contributed by atoms with Crippen LogP contribution >= 0.6 is 0 Å². The van der Waals surface area contributed by atoms with Crippen LogP contribution in [0.15, 0.2) is 30.6 Å². The van der Waals surface area contributed by atoms with E-state index in [-0.39, 0.29) is 17.1 Å². The Morgan fingerprint density at radius 2 is 1.41 bits per heavy atom. The summed E-state index contributed by atoms with van der Waals surface area (Å²) in [6, 6.07) is 3.20. The van der Waals surface area contributed by atoms with Crippen LogP contribution in [0.2, 0.25) is 0 Å². The first-order valence-corrected chi connectivity index (χ1v) is 4.38. The number of nitro benzene ring substituents is 2. The molecule has 0 fully saturated rings. The van der Waals surface area contributed by atoms with Crippen molar-refractivity contribution < 1.29 is 9.85 Å². The summed E-state index contributed by atoms with van der Waals surface area (Å²) in [4.78, 5) is 20.9. The Kier molecular flexibility index (Phi) is 2.49. The standard InChI is InChI=1S/C8H5N5O4/c14-12(15)7-3-6(11-9-1-2-10-11)4-8(5-7)13(16)17/h1-5H. The molecule has 1 aromatic carbocycles. The Balaban J connectivity index is 2.60. The molecule has 0 aliphatic rings. The third-order valence-corrected chi connectivity index (χ3v) is 1.96. The number of nitrogens with zero attached hydrogens (tertiary/aromatic N) is 5. The van der Waals surface area contributed by atoms with Gasteiger partial charge in [0.25, 0.3) is 11.4 Å². The van der Waals surface area contributed by atoms with Crippen LogP contribution in [0.5, 0.6) is 0 Å². The van der Waals surface area contributed by atoms with Gasteiger partial charge in [-0.25, -0.2) is 0 Å². The molecule has 2 aromatic rings. The molecule has 1 aromatic heterocycles. The van der Waals surface area contributed by atoms with E-state index in [4.69, 9.17) is 0 Å². The van der Waals surface area contributed by atoms with Crippen molar-refractivity contribution in [1.29, 1.82) is 0 Å². The van der Waals surface area contributed by atoms with Gasteiger partial charge in [-0.1, -0.05) is 0 Å². The van der Waals surface area contributed by atoms with Crippen LogP contribution < -0.4 is 0 Å². The van der Waals surface area contributed by atoms with Gasteiger partial charge in [0, 0.05) is 12.1 Å². The molecule has 0 bridgehead atoms. The van der Waals surface area contributed by atoms with Gasteiger partial charge in [0.1, 0.15) is 0 Å². The molecule has 0 aliphatic heterocycles. The van der Waals surface area contributed by atoms with E-state index in [1.54, 1.807) is 0 Å². The van der Waals surface area contributed by atoms with Crippen molar-refractivity contribution in [3.05, 3.63) is 50.8 Å². The zero-order valence-corrected chi connectivity index (χ0v) is 8.26. The SMILES string of the molecule is O=[N+]([O-])c1cc(-n2nccn2)cc([N+](=O)[O-])c1. The van der Waals surface area contributed by atoms with Gasteiger partial charge in [0.2, 0.25) is 0 Å². The molecule has 0 spiro atoms. The summed E-state index contributed by atoms with van der Waals surface area (Å²) < 4.78 is 0. The minimum Gasteiger partial charge on any atom is -0.258 e. The average molecular weight is 235 g/mol. The number of rotatable bonds is 3. The summed E-state index contributed by atoms with van der Waals surface area (Å²) in [6.45, 7) is 0. The van der Waals surface area contributed by atoms with Gasteiger partial charge in [-0.15, -0.1) is 0 Å². The van der Waals surface area contributed by atoms with Crippen molar-refractivity contribution in [3.63, 3.8) is 0 Å². The molecule has 9 heteroatoms. The van der Waals surface area contributed by atoms with E-state index in [2.05, 4.69) is 10.2 Å². The van der Waals surface area contributed by atoms with E-state index >= 15 is 0 Å². The van der Waals surface area contributed by atoms with E-state index in [1.807, 2.05) is 0 Å². The van der Waals surface area contributed by atoms with Crippen molar-refractivity contribution in [1.82, 2.24) is 15.0 Å². The highest BCUT2D eigenvalue weighted by Gasteiger charge is 2.17. The number of hydrogen-bond donors (Lipinski definition) is 0. The minimum atomic E-state index is -0.708. The summed E-state index contributed by atoms with van der Waals surface area (Å²) in [5, 5.41) is 28.8. The quantitative estimate of drug-likeness (QED) is 0.580. The molecule has 17 heavy (non-hydrogen) atoms. The van der Waals surface area contributed by atoms with Crippen LogP contribution in [-0.4, -0.2) is 24.8 Å². The zero-order chi connectivity index (χ0) is 12.4. The van der Waals surface area contributed by atoms with Gasteiger partial charge >= 0.3 is 0 Å². The third-order valence-electron chi connectivity index (χ3n) is 1.96. The first-order chi connectivity index (χ1) is 8.08. The highest BCUT2D eigenvalue weighted by Crippen LogP contribution is 2.23. The Morgan fingerprint density at radius 3 is 1.82 bits per heavy atom. The molecule has 0 amide bonds. The minimum absolute atomic E-state index is 0.163. The lowest BCUT2D eigenvalue weighted by atomic mass is 10.2. The highest BCUT2D eigenvalue weighted by atomic mass is 16.6. The molecule has 1 heterocycles. The summed E-state index contributed by atoms with van der Waals surface area (Å²) in [5.41, 5.74) is -0.603. The Hall–Kier alpha value is -2.84. The summed E-state index contributed by atoms with van der Waals surface area (Å²) in [7, 11) is 0. The zero-order valence-electron chi connectivity index (χ0n) is 8.26. The van der Waals surface area contributed by atoms with Crippen LogP contribution in [0.25, 0.3) is 5.69 Å². The van der Waals surface area contributed by atoms with Gasteiger partial charge in [0.05, 0.1) is 34.0 Å². The fourth-order valence-electron chi connectivity index (χ4n) is 1.25. The van der Waals surface area contributed by atoms with E-state index < -0.39 is 9.85 Å². The van der Waals surface area contributed by atoms with Crippen molar-refractivity contribution in [2.24, 2.45) is 0 Å². The van der Waals surface area contributed by atoms with E-state index in [0.717, 1.165) is 23.0 Å². The lowest BCUT2D eigenvalue weighted by Gasteiger charge is -1.99. The van der Waals surface area contributed by atoms with Gasteiger partial charge in [-0.2, -0.15) is 15.0 Å². The fourth-order valence-corrected chi connectivity index (χ4v) is 1.25.